The molecule has 0 unspecified atom stereocenters. The van der Waals surface area contributed by atoms with Crippen molar-refractivity contribution in [1.82, 2.24) is 5.32 Å². The number of amides is 1. The van der Waals surface area contributed by atoms with E-state index in [9.17, 15) is 14.4 Å². The molecular weight excluding hydrogens is 214 g/mol. The standard InChI is InChI=1S/C10H15NO5/c1-6(9(15)16-4)8(14)11-10(2,3)5-7(12)13/h1,5H2,2-4H3,(H,11,14)(H,12,13). The monoisotopic (exact) mass is 229 g/mol. The lowest BCUT2D eigenvalue weighted by atomic mass is 10.0. The van der Waals surface area contributed by atoms with E-state index in [1.807, 2.05) is 0 Å². The van der Waals surface area contributed by atoms with Crippen LogP contribution in [0.1, 0.15) is 20.3 Å². The number of carbonyl (C=O) groups excluding carboxylic acids is 2. The summed E-state index contributed by atoms with van der Waals surface area (Å²) in [6, 6.07) is 0. The molecule has 0 fully saturated rings. The van der Waals surface area contributed by atoms with Crippen molar-refractivity contribution in [1.29, 1.82) is 0 Å². The van der Waals surface area contributed by atoms with E-state index in [0.29, 0.717) is 0 Å². The third-order valence-corrected chi connectivity index (χ3v) is 1.75. The Hall–Kier alpha value is -1.85. The van der Waals surface area contributed by atoms with Crippen LogP contribution in [0.15, 0.2) is 12.2 Å². The van der Waals surface area contributed by atoms with Gasteiger partial charge in [-0.2, -0.15) is 0 Å². The number of aliphatic carboxylic acids is 1. The fourth-order valence-electron chi connectivity index (χ4n) is 1.02. The van der Waals surface area contributed by atoms with Crippen molar-refractivity contribution >= 4 is 17.8 Å². The van der Waals surface area contributed by atoms with Crippen LogP contribution in [0.3, 0.4) is 0 Å². The molecule has 0 bridgehead atoms. The number of ether oxygens (including phenoxy) is 1. The Labute approximate surface area is 93.3 Å². The molecule has 0 saturated heterocycles. The average molecular weight is 229 g/mol. The molecule has 90 valence electrons. The second-order valence-corrected chi connectivity index (χ2v) is 3.88. The van der Waals surface area contributed by atoms with Crippen LogP contribution in [0.5, 0.6) is 0 Å². The van der Waals surface area contributed by atoms with Crippen molar-refractivity contribution in [3.8, 4) is 0 Å². The number of esters is 1. The Morgan fingerprint density at radius 2 is 1.88 bits per heavy atom. The highest BCUT2D eigenvalue weighted by Crippen LogP contribution is 2.09. The molecule has 6 heteroatoms. The number of carbonyl (C=O) groups is 3. The number of hydrogen-bond donors (Lipinski definition) is 2. The Bertz CT molecular complexity index is 332. The maximum Gasteiger partial charge on any atom is 0.342 e. The normalized spacial score (nSPS) is 10.4. The lowest BCUT2D eigenvalue weighted by Crippen LogP contribution is -2.46. The highest BCUT2D eigenvalue weighted by Gasteiger charge is 2.26. The van der Waals surface area contributed by atoms with Crippen LogP contribution in [-0.4, -0.2) is 35.6 Å². The quantitative estimate of drug-likeness (QED) is 0.301. The first kappa shape index (κ1) is 14.2. The number of carboxylic acids is 1. The maximum absolute atomic E-state index is 11.4. The van der Waals surface area contributed by atoms with Gasteiger partial charge in [-0.3, -0.25) is 9.59 Å². The minimum Gasteiger partial charge on any atom is -0.481 e. The van der Waals surface area contributed by atoms with Gasteiger partial charge in [0.1, 0.15) is 5.57 Å². The summed E-state index contributed by atoms with van der Waals surface area (Å²) in [7, 11) is 1.13. The molecule has 0 aliphatic heterocycles. The van der Waals surface area contributed by atoms with Gasteiger partial charge in [-0.1, -0.05) is 6.58 Å². The summed E-state index contributed by atoms with van der Waals surface area (Å²) in [4.78, 5) is 32.9. The summed E-state index contributed by atoms with van der Waals surface area (Å²) < 4.78 is 4.31. The van der Waals surface area contributed by atoms with Crippen molar-refractivity contribution in [3.05, 3.63) is 12.2 Å². The van der Waals surface area contributed by atoms with Crippen molar-refractivity contribution in [3.63, 3.8) is 0 Å². The smallest absolute Gasteiger partial charge is 0.342 e. The van der Waals surface area contributed by atoms with Crippen LogP contribution in [0.4, 0.5) is 0 Å². The van der Waals surface area contributed by atoms with Crippen LogP contribution in [-0.2, 0) is 19.1 Å². The zero-order valence-electron chi connectivity index (χ0n) is 9.49. The molecule has 0 aliphatic carbocycles. The van der Waals surface area contributed by atoms with E-state index in [1.165, 1.54) is 13.8 Å². The molecule has 0 spiro atoms. The molecule has 0 aromatic rings. The molecule has 0 aliphatic rings. The first-order valence-electron chi connectivity index (χ1n) is 4.51. The highest BCUT2D eigenvalue weighted by atomic mass is 16.5. The second kappa shape index (κ2) is 5.29. The van der Waals surface area contributed by atoms with Gasteiger partial charge in [0.05, 0.1) is 13.5 Å². The lowest BCUT2D eigenvalue weighted by molar-refractivity contribution is -0.138. The molecule has 0 saturated carbocycles. The topological polar surface area (TPSA) is 92.7 Å². The van der Waals surface area contributed by atoms with Crippen LogP contribution in [0, 0.1) is 0 Å². The van der Waals surface area contributed by atoms with Crippen LogP contribution in [0.2, 0.25) is 0 Å². The van der Waals surface area contributed by atoms with Crippen LogP contribution < -0.4 is 5.32 Å². The van der Waals surface area contributed by atoms with Crippen molar-refractivity contribution < 1.29 is 24.2 Å². The largest absolute Gasteiger partial charge is 0.481 e. The fourth-order valence-corrected chi connectivity index (χ4v) is 1.02. The van der Waals surface area contributed by atoms with E-state index in [1.54, 1.807) is 0 Å². The molecule has 0 rings (SSSR count). The molecular formula is C10H15NO5. The van der Waals surface area contributed by atoms with E-state index in [0.717, 1.165) is 7.11 Å². The molecule has 16 heavy (non-hydrogen) atoms. The van der Waals surface area contributed by atoms with Gasteiger partial charge < -0.3 is 15.2 Å². The minimum atomic E-state index is -1.05. The maximum atomic E-state index is 11.4. The first-order chi connectivity index (χ1) is 7.19. The molecule has 2 N–H and O–H groups in total. The number of methoxy groups -OCH3 is 1. The third-order valence-electron chi connectivity index (χ3n) is 1.75. The third kappa shape index (κ3) is 4.59. The zero-order valence-corrected chi connectivity index (χ0v) is 9.49. The zero-order chi connectivity index (χ0) is 12.9. The summed E-state index contributed by atoms with van der Waals surface area (Å²) in [5.74, 6) is -2.63. The van der Waals surface area contributed by atoms with Gasteiger partial charge in [-0.15, -0.1) is 0 Å². The number of rotatable bonds is 5. The summed E-state index contributed by atoms with van der Waals surface area (Å²) in [6.07, 6.45) is -0.257. The predicted molar refractivity (Wildman–Crippen MR) is 55.6 cm³/mol. The average Bonchev–Trinajstić information content (AvgIpc) is 2.12. The van der Waals surface area contributed by atoms with E-state index >= 15 is 0 Å². The Kier molecular flexibility index (Phi) is 4.68. The molecule has 0 aromatic heterocycles. The predicted octanol–water partition coefficient (Wildman–Crippen LogP) is 0.0851. The van der Waals surface area contributed by atoms with Crippen LogP contribution >= 0.6 is 0 Å². The van der Waals surface area contributed by atoms with Gasteiger partial charge in [0.25, 0.3) is 5.91 Å². The van der Waals surface area contributed by atoms with E-state index in [2.05, 4.69) is 16.6 Å². The SMILES string of the molecule is C=C(C(=O)NC(C)(C)CC(=O)O)C(=O)OC. The second-order valence-electron chi connectivity index (χ2n) is 3.88. The van der Waals surface area contributed by atoms with Crippen molar-refractivity contribution in [2.24, 2.45) is 0 Å². The summed E-state index contributed by atoms with van der Waals surface area (Å²) in [5, 5.41) is 11.0. The van der Waals surface area contributed by atoms with Crippen molar-refractivity contribution in [2.45, 2.75) is 25.8 Å². The van der Waals surface area contributed by atoms with Gasteiger partial charge in [-0.05, 0) is 13.8 Å². The summed E-state index contributed by atoms with van der Waals surface area (Å²) in [6.45, 7) is 6.32. The first-order valence-corrected chi connectivity index (χ1v) is 4.51. The molecule has 0 aromatic carbocycles. The van der Waals surface area contributed by atoms with Gasteiger partial charge in [0.15, 0.2) is 0 Å². The van der Waals surface area contributed by atoms with Crippen LogP contribution in [0.25, 0.3) is 0 Å². The minimum absolute atomic E-state index is 0.257. The summed E-state index contributed by atoms with van der Waals surface area (Å²) >= 11 is 0. The fraction of sp³-hybridized carbons (Fsp3) is 0.500. The number of hydrogen-bond acceptors (Lipinski definition) is 4. The molecule has 1 amide bonds. The van der Waals surface area contributed by atoms with Gasteiger partial charge >= 0.3 is 11.9 Å². The molecule has 0 atom stereocenters. The number of nitrogens with one attached hydrogen (secondary N) is 1. The highest BCUT2D eigenvalue weighted by molar-refractivity contribution is 6.15. The molecule has 0 radical (unpaired) electrons. The Morgan fingerprint density at radius 3 is 2.25 bits per heavy atom. The van der Waals surface area contributed by atoms with Gasteiger partial charge in [-0.25, -0.2) is 4.79 Å². The Morgan fingerprint density at radius 1 is 1.38 bits per heavy atom. The van der Waals surface area contributed by atoms with Gasteiger partial charge in [0, 0.05) is 5.54 Å². The molecule has 6 nitrogen and oxygen atoms in total. The molecule has 0 heterocycles. The summed E-state index contributed by atoms with van der Waals surface area (Å²) in [5.41, 5.74) is -1.32. The Balaban J connectivity index is 4.50. The number of carboxylic acid groups (broad SMARTS) is 1. The van der Waals surface area contributed by atoms with E-state index in [-0.39, 0.29) is 12.0 Å². The van der Waals surface area contributed by atoms with E-state index in [4.69, 9.17) is 5.11 Å². The lowest BCUT2D eigenvalue weighted by Gasteiger charge is -2.24. The van der Waals surface area contributed by atoms with Crippen molar-refractivity contribution in [2.75, 3.05) is 7.11 Å². The van der Waals surface area contributed by atoms with E-state index < -0.39 is 23.4 Å². The van der Waals surface area contributed by atoms with Gasteiger partial charge in [0.2, 0.25) is 0 Å².